The first-order valence-electron chi connectivity index (χ1n) is 7.53. The van der Waals surface area contributed by atoms with E-state index in [1.165, 1.54) is 4.57 Å². The summed E-state index contributed by atoms with van der Waals surface area (Å²) in [6.07, 6.45) is 1.23. The first kappa shape index (κ1) is 15.3. The van der Waals surface area contributed by atoms with Crippen molar-refractivity contribution in [2.24, 2.45) is 12.5 Å². The summed E-state index contributed by atoms with van der Waals surface area (Å²) in [5.74, 6) is -1.08. The molecule has 23 heavy (non-hydrogen) atoms. The van der Waals surface area contributed by atoms with Crippen LogP contribution in [0.2, 0.25) is 0 Å². The Morgan fingerprint density at radius 3 is 2.78 bits per heavy atom. The molecule has 0 aliphatic carbocycles. The molecule has 0 bridgehead atoms. The Hall–Kier alpha value is -2.57. The summed E-state index contributed by atoms with van der Waals surface area (Å²) < 4.78 is 1.45. The number of aromatic nitrogens is 2. The number of rotatable bonds is 2. The molecule has 1 saturated heterocycles. The van der Waals surface area contributed by atoms with E-state index in [4.69, 9.17) is 0 Å². The van der Waals surface area contributed by atoms with Crippen LogP contribution in [-0.2, 0) is 11.8 Å². The van der Waals surface area contributed by atoms with Crippen LogP contribution in [0.25, 0.3) is 11.0 Å². The Labute approximate surface area is 132 Å². The number of carboxylic acid groups (broad SMARTS) is 1. The van der Waals surface area contributed by atoms with Gasteiger partial charge in [-0.3, -0.25) is 14.2 Å². The molecule has 0 radical (unpaired) electrons. The first-order valence-corrected chi connectivity index (χ1v) is 7.53. The molecule has 1 aromatic heterocycles. The number of amides is 1. The lowest BCUT2D eigenvalue weighted by Crippen LogP contribution is -2.48. The zero-order chi connectivity index (χ0) is 16.8. The van der Waals surface area contributed by atoms with Crippen molar-refractivity contribution < 1.29 is 14.7 Å². The fourth-order valence-corrected chi connectivity index (χ4v) is 3.13. The highest BCUT2D eigenvalue weighted by atomic mass is 16.4. The van der Waals surface area contributed by atoms with Crippen molar-refractivity contribution in [2.45, 2.75) is 19.8 Å². The SMILES string of the molecule is Cn1c(=O)[nH]c2ccc(C(=O)N3CCCC(C)(C(=O)O)C3)cc21. The number of benzene rings is 1. The minimum atomic E-state index is -0.904. The maximum absolute atomic E-state index is 12.7. The molecule has 1 amide bonds. The van der Waals surface area contributed by atoms with Crippen LogP contribution in [0.5, 0.6) is 0 Å². The number of nitrogens with zero attached hydrogens (tertiary/aromatic N) is 2. The molecule has 1 unspecified atom stereocenters. The Balaban J connectivity index is 1.92. The van der Waals surface area contributed by atoms with E-state index in [1.54, 1.807) is 37.1 Å². The van der Waals surface area contributed by atoms with E-state index in [-0.39, 0.29) is 18.1 Å². The van der Waals surface area contributed by atoms with Crippen LogP contribution in [0.3, 0.4) is 0 Å². The number of hydrogen-bond donors (Lipinski definition) is 2. The van der Waals surface area contributed by atoms with E-state index in [1.807, 2.05) is 0 Å². The summed E-state index contributed by atoms with van der Waals surface area (Å²) in [5.41, 5.74) is 0.642. The largest absolute Gasteiger partial charge is 0.481 e. The standard InChI is InChI=1S/C16H19N3O4/c1-16(14(21)22)6-3-7-19(9-16)13(20)10-4-5-11-12(8-10)18(2)15(23)17-11/h4-5,8H,3,6-7,9H2,1-2H3,(H,17,23)(H,21,22). The van der Waals surface area contributed by atoms with Crippen molar-refractivity contribution in [1.82, 2.24) is 14.5 Å². The third kappa shape index (κ3) is 2.52. The summed E-state index contributed by atoms with van der Waals surface area (Å²) in [7, 11) is 1.64. The number of piperidine rings is 1. The van der Waals surface area contributed by atoms with Gasteiger partial charge in [0.25, 0.3) is 5.91 Å². The van der Waals surface area contributed by atoms with Gasteiger partial charge in [-0.25, -0.2) is 4.79 Å². The van der Waals surface area contributed by atoms with Crippen molar-refractivity contribution in [2.75, 3.05) is 13.1 Å². The molecule has 7 nitrogen and oxygen atoms in total. The molecule has 2 N–H and O–H groups in total. The molecule has 0 saturated carbocycles. The van der Waals surface area contributed by atoms with Crippen molar-refractivity contribution in [3.05, 3.63) is 34.2 Å². The Bertz CT molecular complexity index is 851. The smallest absolute Gasteiger partial charge is 0.326 e. The Kier molecular flexibility index (Phi) is 3.50. The van der Waals surface area contributed by atoms with Crippen LogP contribution in [-0.4, -0.2) is 44.5 Å². The monoisotopic (exact) mass is 317 g/mol. The molecule has 2 heterocycles. The lowest BCUT2D eigenvalue weighted by atomic mass is 9.82. The molecule has 1 aromatic carbocycles. The summed E-state index contributed by atoms with van der Waals surface area (Å²) in [4.78, 5) is 40.1. The van der Waals surface area contributed by atoms with Gasteiger partial charge in [0.05, 0.1) is 16.4 Å². The van der Waals surface area contributed by atoms with Gasteiger partial charge in [0.15, 0.2) is 0 Å². The molecule has 0 spiro atoms. The quantitative estimate of drug-likeness (QED) is 0.870. The number of carbonyl (C=O) groups excluding carboxylic acids is 1. The number of carboxylic acids is 1. The number of aliphatic carboxylic acids is 1. The van der Waals surface area contributed by atoms with Gasteiger partial charge in [0.1, 0.15) is 0 Å². The van der Waals surface area contributed by atoms with Crippen LogP contribution in [0, 0.1) is 5.41 Å². The van der Waals surface area contributed by atoms with E-state index in [0.717, 1.165) is 0 Å². The lowest BCUT2D eigenvalue weighted by molar-refractivity contribution is -0.150. The third-order valence-electron chi connectivity index (χ3n) is 4.65. The summed E-state index contributed by atoms with van der Waals surface area (Å²) in [6.45, 7) is 2.42. The zero-order valence-corrected chi connectivity index (χ0v) is 13.1. The van der Waals surface area contributed by atoms with E-state index in [2.05, 4.69) is 4.98 Å². The third-order valence-corrected chi connectivity index (χ3v) is 4.65. The van der Waals surface area contributed by atoms with Crippen LogP contribution >= 0.6 is 0 Å². The first-order chi connectivity index (χ1) is 10.8. The number of likely N-dealkylation sites (tertiary alicyclic amines) is 1. The number of imidazole rings is 1. The van der Waals surface area contributed by atoms with Crippen LogP contribution < -0.4 is 5.69 Å². The molecule has 7 heteroatoms. The number of aromatic amines is 1. The lowest BCUT2D eigenvalue weighted by Gasteiger charge is -2.37. The maximum Gasteiger partial charge on any atom is 0.326 e. The fraction of sp³-hybridized carbons (Fsp3) is 0.438. The summed E-state index contributed by atoms with van der Waals surface area (Å²) in [5, 5.41) is 9.37. The predicted octanol–water partition coefficient (Wildman–Crippen LogP) is 1.19. The highest BCUT2D eigenvalue weighted by Gasteiger charge is 2.39. The van der Waals surface area contributed by atoms with E-state index in [0.29, 0.717) is 36.0 Å². The van der Waals surface area contributed by atoms with Gasteiger partial charge in [-0.15, -0.1) is 0 Å². The van der Waals surface area contributed by atoms with Crippen LogP contribution in [0.1, 0.15) is 30.1 Å². The number of fused-ring (bicyclic) bond motifs is 1. The fourth-order valence-electron chi connectivity index (χ4n) is 3.13. The molecule has 1 aliphatic rings. The van der Waals surface area contributed by atoms with Gasteiger partial charge < -0.3 is 15.0 Å². The van der Waals surface area contributed by atoms with Gasteiger partial charge in [0, 0.05) is 25.7 Å². The molecule has 1 fully saturated rings. The van der Waals surface area contributed by atoms with E-state index in [9.17, 15) is 19.5 Å². The van der Waals surface area contributed by atoms with Gasteiger partial charge >= 0.3 is 11.7 Å². The van der Waals surface area contributed by atoms with Gasteiger partial charge in [-0.1, -0.05) is 0 Å². The highest BCUT2D eigenvalue weighted by molar-refractivity contribution is 5.97. The molecular formula is C16H19N3O4. The van der Waals surface area contributed by atoms with Crippen molar-refractivity contribution in [3.63, 3.8) is 0 Å². The molecule has 3 rings (SSSR count). The number of hydrogen-bond acceptors (Lipinski definition) is 3. The van der Waals surface area contributed by atoms with Crippen molar-refractivity contribution in [3.8, 4) is 0 Å². The maximum atomic E-state index is 12.7. The summed E-state index contributed by atoms with van der Waals surface area (Å²) in [6, 6.07) is 5.03. The number of H-pyrrole nitrogens is 1. The van der Waals surface area contributed by atoms with Crippen LogP contribution in [0.4, 0.5) is 0 Å². The minimum Gasteiger partial charge on any atom is -0.481 e. The van der Waals surface area contributed by atoms with E-state index >= 15 is 0 Å². The molecule has 1 aliphatic heterocycles. The van der Waals surface area contributed by atoms with Crippen molar-refractivity contribution >= 4 is 22.9 Å². The second kappa shape index (κ2) is 5.26. The number of aryl methyl sites for hydroxylation is 1. The molecular weight excluding hydrogens is 298 g/mol. The topological polar surface area (TPSA) is 95.4 Å². The average Bonchev–Trinajstić information content (AvgIpc) is 2.81. The Morgan fingerprint density at radius 1 is 1.35 bits per heavy atom. The average molecular weight is 317 g/mol. The summed E-state index contributed by atoms with van der Waals surface area (Å²) >= 11 is 0. The zero-order valence-electron chi connectivity index (χ0n) is 13.1. The molecule has 2 aromatic rings. The van der Waals surface area contributed by atoms with Crippen LogP contribution in [0.15, 0.2) is 23.0 Å². The highest BCUT2D eigenvalue weighted by Crippen LogP contribution is 2.30. The second-order valence-corrected chi connectivity index (χ2v) is 6.42. The van der Waals surface area contributed by atoms with Gasteiger partial charge in [-0.2, -0.15) is 0 Å². The normalized spacial score (nSPS) is 21.6. The Morgan fingerprint density at radius 2 is 2.09 bits per heavy atom. The molecule has 1 atom stereocenters. The number of nitrogens with one attached hydrogen (secondary N) is 1. The molecule has 122 valence electrons. The van der Waals surface area contributed by atoms with Gasteiger partial charge in [-0.05, 0) is 38.0 Å². The number of carbonyl (C=O) groups is 2. The van der Waals surface area contributed by atoms with Crippen molar-refractivity contribution in [1.29, 1.82) is 0 Å². The predicted molar refractivity (Wildman–Crippen MR) is 84.4 cm³/mol. The second-order valence-electron chi connectivity index (χ2n) is 6.42. The minimum absolute atomic E-state index is 0.200. The van der Waals surface area contributed by atoms with E-state index < -0.39 is 11.4 Å². The van der Waals surface area contributed by atoms with Gasteiger partial charge in [0.2, 0.25) is 0 Å².